The van der Waals surface area contributed by atoms with Gasteiger partial charge in [0.2, 0.25) is 14.2 Å². The van der Waals surface area contributed by atoms with E-state index in [9.17, 15) is 14.4 Å². The highest BCUT2D eigenvalue weighted by Gasteiger charge is 2.46. The third-order valence-electron chi connectivity index (χ3n) is 5.83. The van der Waals surface area contributed by atoms with Crippen LogP contribution < -0.4 is 9.91 Å². The third-order valence-corrected chi connectivity index (χ3v) is 10.6. The molecule has 0 atom stereocenters. The second-order valence-electron chi connectivity index (χ2n) is 9.03. The molecule has 0 aliphatic carbocycles. The van der Waals surface area contributed by atoms with Crippen molar-refractivity contribution in [3.8, 4) is 5.75 Å². The smallest absolute Gasteiger partial charge is 0.349 e. The van der Waals surface area contributed by atoms with Crippen molar-refractivity contribution in [3.63, 3.8) is 0 Å². The molecule has 1 aromatic carbocycles. The number of halogens is 1. The van der Waals surface area contributed by atoms with Crippen LogP contribution in [0.15, 0.2) is 18.2 Å². The molecule has 7 nitrogen and oxygen atoms in total. The number of nitrogens with one attached hydrogen (secondary N) is 1. The fourth-order valence-electron chi connectivity index (χ4n) is 2.58. The van der Waals surface area contributed by atoms with E-state index < -0.39 is 31.6 Å². The number of ether oxygens (including phenoxy) is 1. The Morgan fingerprint density at radius 1 is 1.06 bits per heavy atom. The summed E-state index contributed by atoms with van der Waals surface area (Å²) in [5.41, 5.74) is 1.02. The summed E-state index contributed by atoms with van der Waals surface area (Å²) >= 11 is 6.30. The molecule has 0 aliphatic rings. The zero-order valence-corrected chi connectivity index (χ0v) is 21.4. The fraction of sp³-hybridized carbons (Fsp3) is 0.591. The largest absolute Gasteiger partial charge is 0.543 e. The van der Waals surface area contributed by atoms with Crippen molar-refractivity contribution in [2.75, 3.05) is 0 Å². The van der Waals surface area contributed by atoms with E-state index in [2.05, 4.69) is 33.9 Å². The molecule has 0 fully saturated rings. The van der Waals surface area contributed by atoms with E-state index >= 15 is 0 Å². The van der Waals surface area contributed by atoms with Crippen LogP contribution in [0.25, 0.3) is 0 Å². The molecule has 174 valence electrons. The average Bonchev–Trinajstić information content (AvgIpc) is 2.67. The second-order valence-corrected chi connectivity index (χ2v) is 14.2. The van der Waals surface area contributed by atoms with Crippen molar-refractivity contribution in [1.82, 2.24) is 5.48 Å². The van der Waals surface area contributed by atoms with Crippen LogP contribution in [0.4, 0.5) is 0 Å². The number of esters is 1. The molecule has 1 amide bonds. The maximum Gasteiger partial charge on any atom is 0.349 e. The Hall–Kier alpha value is -2.06. The summed E-state index contributed by atoms with van der Waals surface area (Å²) in [7, 11) is -2.05. The highest BCUT2D eigenvalue weighted by atomic mass is 35.5. The summed E-state index contributed by atoms with van der Waals surface area (Å²) in [6.45, 7) is 15.2. The molecule has 0 saturated carbocycles. The first-order valence-corrected chi connectivity index (χ1v) is 13.6. The first-order valence-electron chi connectivity index (χ1n) is 10.3. The van der Waals surface area contributed by atoms with Gasteiger partial charge in [0, 0.05) is 17.5 Å². The second kappa shape index (κ2) is 10.5. The van der Waals surface area contributed by atoms with Gasteiger partial charge in [0.25, 0.3) is 0 Å². The first-order chi connectivity index (χ1) is 14.2. The number of benzene rings is 1. The molecule has 0 radical (unpaired) electrons. The van der Waals surface area contributed by atoms with E-state index in [4.69, 9.17) is 25.6 Å². The Bertz CT molecular complexity index is 815. The van der Waals surface area contributed by atoms with Crippen LogP contribution in [0.3, 0.4) is 0 Å². The summed E-state index contributed by atoms with van der Waals surface area (Å²) in [5, 5.41) is 0.449. The molecule has 0 heterocycles. The van der Waals surface area contributed by atoms with Crippen LogP contribution in [-0.2, 0) is 30.6 Å². The molecule has 0 aliphatic heterocycles. The molecular formula is C22H34ClNO6Si. The van der Waals surface area contributed by atoms with Gasteiger partial charge in [0.1, 0.15) is 12.4 Å². The van der Waals surface area contributed by atoms with E-state index in [1.165, 1.54) is 6.92 Å². The monoisotopic (exact) mass is 471 g/mol. The summed E-state index contributed by atoms with van der Waals surface area (Å²) in [6.07, 6.45) is 0.312. The van der Waals surface area contributed by atoms with Crippen LogP contribution in [0.1, 0.15) is 59.9 Å². The number of hydroxylamine groups is 1. The SMILES string of the molecule is CCC(CC)(C(=O)OCc1cc(O[Si](C)(C)C(C)(C)C)ccc1Cl)C(=O)ONC(C)=O. The summed E-state index contributed by atoms with van der Waals surface area (Å²) in [5.74, 6) is -1.49. The molecule has 0 unspecified atom stereocenters. The predicted molar refractivity (Wildman–Crippen MR) is 122 cm³/mol. The lowest BCUT2D eigenvalue weighted by atomic mass is 9.82. The van der Waals surface area contributed by atoms with E-state index in [-0.39, 0.29) is 24.5 Å². The van der Waals surface area contributed by atoms with Crippen molar-refractivity contribution in [2.24, 2.45) is 5.41 Å². The van der Waals surface area contributed by atoms with E-state index in [1.807, 2.05) is 5.48 Å². The highest BCUT2D eigenvalue weighted by molar-refractivity contribution is 6.74. The normalized spacial score (nSPS) is 12.2. The van der Waals surface area contributed by atoms with Crippen molar-refractivity contribution >= 4 is 37.8 Å². The van der Waals surface area contributed by atoms with Gasteiger partial charge in [-0.25, -0.2) is 4.79 Å². The molecule has 1 N–H and O–H groups in total. The number of rotatable bonds is 8. The lowest BCUT2D eigenvalue weighted by molar-refractivity contribution is -0.180. The van der Waals surface area contributed by atoms with Gasteiger partial charge in [0.15, 0.2) is 5.41 Å². The van der Waals surface area contributed by atoms with Gasteiger partial charge in [-0.05, 0) is 49.2 Å². The van der Waals surface area contributed by atoms with E-state index in [1.54, 1.807) is 32.0 Å². The molecule has 0 aromatic heterocycles. The minimum absolute atomic E-state index is 0.0232. The minimum atomic E-state index is -2.05. The van der Waals surface area contributed by atoms with Crippen LogP contribution in [0, 0.1) is 5.41 Å². The minimum Gasteiger partial charge on any atom is -0.543 e. The summed E-state index contributed by atoms with van der Waals surface area (Å²) in [4.78, 5) is 41.1. The Labute approximate surface area is 190 Å². The average molecular weight is 472 g/mol. The third kappa shape index (κ3) is 6.71. The topological polar surface area (TPSA) is 90.9 Å². The van der Waals surface area contributed by atoms with Gasteiger partial charge in [-0.15, -0.1) is 0 Å². The molecule has 0 spiro atoms. The van der Waals surface area contributed by atoms with Crippen molar-refractivity contribution < 1.29 is 28.4 Å². The predicted octanol–water partition coefficient (Wildman–Crippen LogP) is 5.17. The fourth-order valence-corrected chi connectivity index (χ4v) is 3.78. The van der Waals surface area contributed by atoms with Gasteiger partial charge in [0.05, 0.1) is 0 Å². The van der Waals surface area contributed by atoms with E-state index in [0.717, 1.165) is 0 Å². The molecule has 9 heteroatoms. The maximum absolute atomic E-state index is 12.8. The zero-order valence-electron chi connectivity index (χ0n) is 19.7. The van der Waals surface area contributed by atoms with Crippen LogP contribution in [-0.4, -0.2) is 26.2 Å². The van der Waals surface area contributed by atoms with Crippen molar-refractivity contribution in [1.29, 1.82) is 0 Å². The summed E-state index contributed by atoms with van der Waals surface area (Å²) < 4.78 is 11.8. The molecule has 0 bridgehead atoms. The van der Waals surface area contributed by atoms with Crippen molar-refractivity contribution in [3.05, 3.63) is 28.8 Å². The molecule has 1 aromatic rings. The van der Waals surface area contributed by atoms with Gasteiger partial charge in [-0.3, -0.25) is 9.59 Å². The van der Waals surface area contributed by atoms with E-state index in [0.29, 0.717) is 16.3 Å². The van der Waals surface area contributed by atoms with Gasteiger partial charge in [-0.1, -0.05) is 46.2 Å². The number of carbonyl (C=O) groups is 3. The zero-order chi connectivity index (χ0) is 24.0. The molecule has 0 saturated heterocycles. The Balaban J connectivity index is 3.01. The Morgan fingerprint density at radius 3 is 2.13 bits per heavy atom. The number of carbonyl (C=O) groups excluding carboxylic acids is 3. The van der Waals surface area contributed by atoms with Crippen LogP contribution in [0.2, 0.25) is 23.2 Å². The lowest BCUT2D eigenvalue weighted by Crippen LogP contribution is -2.44. The standard InChI is InChI=1S/C22H34ClNO6Si/c1-9-22(10-2,20(27)29-24-15(3)25)19(26)28-14-16-13-17(11-12-18(16)23)30-31(7,8)21(4,5)6/h11-13H,9-10,14H2,1-8H3,(H,24,25). The summed E-state index contributed by atoms with van der Waals surface area (Å²) in [6, 6.07) is 5.25. The molecule has 31 heavy (non-hydrogen) atoms. The molecular weight excluding hydrogens is 438 g/mol. The highest BCUT2D eigenvalue weighted by Crippen LogP contribution is 2.38. The van der Waals surface area contributed by atoms with Gasteiger partial charge >= 0.3 is 11.9 Å². The number of hydrogen-bond acceptors (Lipinski definition) is 6. The maximum atomic E-state index is 12.8. The Kier molecular flexibility index (Phi) is 9.14. The first kappa shape index (κ1) is 27.0. The lowest BCUT2D eigenvalue weighted by Gasteiger charge is -2.36. The Morgan fingerprint density at radius 2 is 1.65 bits per heavy atom. The van der Waals surface area contributed by atoms with Crippen molar-refractivity contribution in [2.45, 2.75) is 79.1 Å². The number of amides is 1. The van der Waals surface area contributed by atoms with Gasteiger partial charge < -0.3 is 14.0 Å². The van der Waals surface area contributed by atoms with Gasteiger partial charge in [-0.2, -0.15) is 5.48 Å². The van der Waals surface area contributed by atoms with Crippen LogP contribution in [0.5, 0.6) is 5.75 Å². The molecule has 1 rings (SSSR count). The van der Waals surface area contributed by atoms with Crippen LogP contribution >= 0.6 is 11.6 Å². The quantitative estimate of drug-likeness (QED) is 0.243. The number of hydrogen-bond donors (Lipinski definition) is 1.